The van der Waals surface area contributed by atoms with Crippen molar-refractivity contribution in [2.75, 3.05) is 23.2 Å². The molecule has 1 fully saturated rings. The number of aromatic nitrogens is 1. The fourth-order valence-corrected chi connectivity index (χ4v) is 3.40. The largest absolute Gasteiger partial charge is 0.384 e. The van der Waals surface area contributed by atoms with Gasteiger partial charge in [0, 0.05) is 18.3 Å². The van der Waals surface area contributed by atoms with Crippen molar-refractivity contribution in [2.24, 2.45) is 0 Å². The fourth-order valence-electron chi connectivity index (χ4n) is 1.82. The Balaban J connectivity index is 2.33. The van der Waals surface area contributed by atoms with Gasteiger partial charge in [-0.2, -0.15) is 0 Å². The second kappa shape index (κ2) is 5.38. The maximum atomic E-state index is 11.9. The third kappa shape index (κ3) is 2.81. The fraction of sp³-hybridized carbons (Fsp3) is 0.417. The van der Waals surface area contributed by atoms with Gasteiger partial charge in [0.25, 0.3) is 0 Å². The molecule has 1 aliphatic heterocycles. The van der Waals surface area contributed by atoms with Crippen LogP contribution in [-0.4, -0.2) is 37.4 Å². The minimum absolute atomic E-state index is 0.168. The van der Waals surface area contributed by atoms with Crippen molar-refractivity contribution in [1.82, 2.24) is 4.98 Å². The normalized spacial score (nSPS) is 17.9. The predicted octanol–water partition coefficient (Wildman–Crippen LogP) is 0.355. The maximum Gasteiger partial charge on any atom is 0.236 e. The van der Waals surface area contributed by atoms with Crippen molar-refractivity contribution in [3.05, 3.63) is 23.9 Å². The van der Waals surface area contributed by atoms with Crippen molar-refractivity contribution < 1.29 is 13.5 Å². The van der Waals surface area contributed by atoms with Gasteiger partial charge in [-0.05, 0) is 25.0 Å². The summed E-state index contributed by atoms with van der Waals surface area (Å²) in [6, 6.07) is 3.31. The van der Waals surface area contributed by atoms with E-state index in [2.05, 4.69) is 16.8 Å². The molecular weight excluding hydrogens is 252 g/mol. The summed E-state index contributed by atoms with van der Waals surface area (Å²) in [6.45, 7) is 0.242. The minimum Gasteiger partial charge on any atom is -0.384 e. The van der Waals surface area contributed by atoms with Gasteiger partial charge >= 0.3 is 0 Å². The first kappa shape index (κ1) is 12.9. The number of anilines is 1. The molecule has 0 unspecified atom stereocenters. The molecule has 0 aliphatic carbocycles. The van der Waals surface area contributed by atoms with Gasteiger partial charge < -0.3 is 5.11 Å². The molecule has 0 aromatic carbocycles. The zero-order valence-electron chi connectivity index (χ0n) is 9.83. The highest BCUT2D eigenvalue weighted by atomic mass is 32.2. The second-order valence-corrected chi connectivity index (χ2v) is 5.97. The van der Waals surface area contributed by atoms with Crippen LogP contribution in [0.3, 0.4) is 0 Å². The number of aliphatic hydroxyl groups excluding tert-OH is 1. The number of hydrogen-bond acceptors (Lipinski definition) is 4. The molecule has 96 valence electrons. The third-order valence-electron chi connectivity index (χ3n) is 2.66. The standard InChI is InChI=1S/C12H14N2O3S/c15-8-3-4-11-5-6-13-12(10-11)14-7-1-2-9-18(14,16)17/h5-6,10,15H,1-2,7-9H2. The Morgan fingerprint density at radius 1 is 1.44 bits per heavy atom. The van der Waals surface area contributed by atoms with E-state index in [1.807, 2.05) is 0 Å². The summed E-state index contributed by atoms with van der Waals surface area (Å²) in [5.41, 5.74) is 0.648. The van der Waals surface area contributed by atoms with Crippen LogP contribution in [0.15, 0.2) is 18.3 Å². The average molecular weight is 266 g/mol. The highest BCUT2D eigenvalue weighted by molar-refractivity contribution is 7.92. The van der Waals surface area contributed by atoms with E-state index in [1.54, 1.807) is 12.1 Å². The van der Waals surface area contributed by atoms with E-state index in [-0.39, 0.29) is 12.4 Å². The van der Waals surface area contributed by atoms with Crippen LogP contribution in [0, 0.1) is 11.8 Å². The van der Waals surface area contributed by atoms with Gasteiger partial charge in [0.1, 0.15) is 12.4 Å². The summed E-state index contributed by atoms with van der Waals surface area (Å²) in [4.78, 5) is 4.08. The molecule has 1 aromatic heterocycles. The lowest BCUT2D eigenvalue weighted by atomic mass is 10.2. The summed E-state index contributed by atoms with van der Waals surface area (Å²) in [5.74, 6) is 5.84. The molecule has 0 amide bonds. The smallest absolute Gasteiger partial charge is 0.236 e. The number of aliphatic hydroxyl groups is 1. The van der Waals surface area contributed by atoms with E-state index in [4.69, 9.17) is 5.11 Å². The van der Waals surface area contributed by atoms with Crippen LogP contribution in [0.4, 0.5) is 5.82 Å². The molecule has 0 bridgehead atoms. The topological polar surface area (TPSA) is 70.5 Å². The molecule has 1 aliphatic rings. The lowest BCUT2D eigenvalue weighted by molar-refractivity contribution is 0.350. The highest BCUT2D eigenvalue weighted by Gasteiger charge is 2.26. The highest BCUT2D eigenvalue weighted by Crippen LogP contribution is 2.21. The van der Waals surface area contributed by atoms with Gasteiger partial charge in [0.2, 0.25) is 10.0 Å². The van der Waals surface area contributed by atoms with Crippen LogP contribution >= 0.6 is 0 Å². The Bertz CT molecular complexity index is 587. The molecule has 18 heavy (non-hydrogen) atoms. The van der Waals surface area contributed by atoms with Crippen molar-refractivity contribution >= 4 is 15.8 Å². The molecule has 0 saturated carbocycles. The van der Waals surface area contributed by atoms with Crippen LogP contribution in [0.5, 0.6) is 0 Å². The van der Waals surface area contributed by atoms with Gasteiger partial charge in [-0.1, -0.05) is 11.8 Å². The van der Waals surface area contributed by atoms with Crippen LogP contribution < -0.4 is 4.31 Å². The van der Waals surface area contributed by atoms with Gasteiger partial charge in [-0.15, -0.1) is 0 Å². The van der Waals surface area contributed by atoms with Crippen LogP contribution in [0.2, 0.25) is 0 Å². The number of sulfonamides is 1. The molecule has 6 heteroatoms. The van der Waals surface area contributed by atoms with E-state index in [1.165, 1.54) is 10.5 Å². The van der Waals surface area contributed by atoms with Crippen LogP contribution in [0.1, 0.15) is 18.4 Å². The van der Waals surface area contributed by atoms with Gasteiger partial charge in [-0.25, -0.2) is 13.4 Å². The number of hydrogen-bond donors (Lipinski definition) is 1. The predicted molar refractivity (Wildman–Crippen MR) is 68.6 cm³/mol. The molecule has 5 nitrogen and oxygen atoms in total. The van der Waals surface area contributed by atoms with E-state index in [0.717, 1.165) is 6.42 Å². The van der Waals surface area contributed by atoms with E-state index < -0.39 is 10.0 Å². The lowest BCUT2D eigenvalue weighted by Crippen LogP contribution is -2.38. The zero-order valence-corrected chi connectivity index (χ0v) is 10.7. The molecule has 2 heterocycles. The SMILES string of the molecule is O=S1(=O)CCCCN1c1cc(C#CCO)ccn1. The lowest BCUT2D eigenvalue weighted by Gasteiger charge is -2.27. The van der Waals surface area contributed by atoms with Crippen molar-refractivity contribution in [3.63, 3.8) is 0 Å². The third-order valence-corrected chi connectivity index (χ3v) is 4.51. The van der Waals surface area contributed by atoms with Crippen molar-refractivity contribution in [1.29, 1.82) is 0 Å². The summed E-state index contributed by atoms with van der Waals surface area (Å²) in [6.07, 6.45) is 3.07. The van der Waals surface area contributed by atoms with E-state index in [0.29, 0.717) is 24.3 Å². The molecule has 2 rings (SSSR count). The van der Waals surface area contributed by atoms with Gasteiger partial charge in [0.15, 0.2) is 0 Å². The van der Waals surface area contributed by atoms with Crippen molar-refractivity contribution in [2.45, 2.75) is 12.8 Å². The quantitative estimate of drug-likeness (QED) is 0.745. The van der Waals surface area contributed by atoms with Crippen molar-refractivity contribution in [3.8, 4) is 11.8 Å². The Hall–Kier alpha value is -1.58. The Morgan fingerprint density at radius 2 is 2.28 bits per heavy atom. The number of nitrogens with zero attached hydrogens (tertiary/aromatic N) is 2. The monoisotopic (exact) mass is 266 g/mol. The second-order valence-electron chi connectivity index (χ2n) is 3.96. The van der Waals surface area contributed by atoms with E-state index >= 15 is 0 Å². The molecule has 1 aromatic rings. The first-order valence-electron chi connectivity index (χ1n) is 5.70. The van der Waals surface area contributed by atoms with Gasteiger partial charge in [-0.3, -0.25) is 4.31 Å². The molecule has 1 N–H and O–H groups in total. The average Bonchev–Trinajstić information content (AvgIpc) is 2.36. The maximum absolute atomic E-state index is 11.9. The first-order chi connectivity index (χ1) is 8.63. The Kier molecular flexibility index (Phi) is 3.84. The summed E-state index contributed by atoms with van der Waals surface area (Å²) < 4.78 is 25.2. The molecule has 0 radical (unpaired) electrons. The molecule has 1 saturated heterocycles. The molecule has 0 atom stereocenters. The Labute approximate surface area is 107 Å². The Morgan fingerprint density at radius 3 is 3.00 bits per heavy atom. The zero-order chi connectivity index (χ0) is 13.0. The van der Waals surface area contributed by atoms with Gasteiger partial charge in [0.05, 0.1) is 5.75 Å². The number of rotatable bonds is 1. The summed E-state index contributed by atoms with van der Waals surface area (Å²) in [7, 11) is -3.24. The summed E-state index contributed by atoms with van der Waals surface area (Å²) in [5, 5.41) is 8.63. The number of pyridine rings is 1. The van der Waals surface area contributed by atoms with Crippen LogP contribution in [0.25, 0.3) is 0 Å². The first-order valence-corrected chi connectivity index (χ1v) is 7.30. The summed E-state index contributed by atoms with van der Waals surface area (Å²) >= 11 is 0. The minimum atomic E-state index is -3.24. The van der Waals surface area contributed by atoms with Crippen LogP contribution in [-0.2, 0) is 10.0 Å². The molecule has 0 spiro atoms. The molecular formula is C12H14N2O3S. The van der Waals surface area contributed by atoms with E-state index in [9.17, 15) is 8.42 Å².